The van der Waals surface area contributed by atoms with E-state index in [9.17, 15) is 0 Å². The number of nitrogens with one attached hydrogen (secondary N) is 2. The number of hydrogen-bond acceptors (Lipinski definition) is 6. The van der Waals surface area contributed by atoms with Crippen LogP contribution in [0.1, 0.15) is 24.0 Å². The minimum Gasteiger partial charge on any atom is -0.490 e. The molecule has 2 aliphatic heterocycles. The molecule has 1 saturated heterocycles. The molecular formula is C23H23N5O. The number of rotatable bonds is 5. The molecule has 1 fully saturated rings. The van der Waals surface area contributed by atoms with Gasteiger partial charge in [0, 0.05) is 23.7 Å². The molecule has 1 aromatic heterocycles. The van der Waals surface area contributed by atoms with Crippen molar-refractivity contribution in [3.8, 4) is 17.1 Å². The predicted molar refractivity (Wildman–Crippen MR) is 115 cm³/mol. The molecule has 5 rings (SSSR count). The van der Waals surface area contributed by atoms with E-state index in [1.54, 1.807) is 6.20 Å². The lowest BCUT2D eigenvalue weighted by molar-refractivity contribution is 0.162. The van der Waals surface area contributed by atoms with Gasteiger partial charge in [-0.2, -0.15) is 0 Å². The second-order valence-electron chi connectivity index (χ2n) is 7.37. The predicted octanol–water partition coefficient (Wildman–Crippen LogP) is 3.95. The number of anilines is 2. The number of aromatic nitrogens is 2. The van der Waals surface area contributed by atoms with Crippen LogP contribution in [0, 0.1) is 0 Å². The number of fused-ring (bicyclic) bond motifs is 1. The van der Waals surface area contributed by atoms with Crippen LogP contribution in [-0.2, 0) is 6.54 Å². The second kappa shape index (κ2) is 8.01. The van der Waals surface area contributed by atoms with E-state index in [-0.39, 0.29) is 6.10 Å². The molecule has 0 radical (unpaired) electrons. The van der Waals surface area contributed by atoms with Gasteiger partial charge in [0.05, 0.1) is 6.54 Å². The van der Waals surface area contributed by atoms with E-state index in [4.69, 9.17) is 9.72 Å². The van der Waals surface area contributed by atoms with E-state index in [2.05, 4.69) is 38.8 Å². The smallest absolute Gasteiger partial charge is 0.161 e. The summed E-state index contributed by atoms with van der Waals surface area (Å²) in [5, 5.41) is 6.74. The largest absolute Gasteiger partial charge is 0.490 e. The third-order valence-electron chi connectivity index (χ3n) is 5.25. The molecule has 0 atom stereocenters. The lowest BCUT2D eigenvalue weighted by atomic mass is 10.1. The molecule has 0 aliphatic carbocycles. The highest BCUT2D eigenvalue weighted by molar-refractivity contribution is 5.86. The minimum atomic E-state index is 0.267. The van der Waals surface area contributed by atoms with Crippen molar-refractivity contribution in [2.24, 2.45) is 4.99 Å². The maximum atomic E-state index is 6.16. The molecule has 3 heterocycles. The summed E-state index contributed by atoms with van der Waals surface area (Å²) in [7, 11) is 0. The standard InChI is InChI=1S/C23H23N5O/c1-2-16(13-21(3-1)29-20-6-9-24-10-7-20)23-26-11-8-22(28-23)27-19-5-4-17-14-25-15-18(17)12-19/h1-5,8,11-13,15,20,24H,6-7,9-10,14H2,(H,26,27,28). The SMILES string of the molecule is C1=NCc2ccc(Nc3ccnc(-c4cccc(OC5CCNCC5)c4)n3)cc21. The number of ether oxygens (including phenoxy) is 1. The van der Waals surface area contributed by atoms with Crippen molar-refractivity contribution >= 4 is 17.7 Å². The van der Waals surface area contributed by atoms with Crippen molar-refractivity contribution in [1.29, 1.82) is 0 Å². The maximum absolute atomic E-state index is 6.16. The van der Waals surface area contributed by atoms with Crippen molar-refractivity contribution in [2.75, 3.05) is 18.4 Å². The fourth-order valence-electron chi connectivity index (χ4n) is 3.71. The molecule has 29 heavy (non-hydrogen) atoms. The molecule has 0 bridgehead atoms. The first-order valence-corrected chi connectivity index (χ1v) is 10.0. The van der Waals surface area contributed by atoms with Crippen LogP contribution in [0.2, 0.25) is 0 Å². The summed E-state index contributed by atoms with van der Waals surface area (Å²) in [4.78, 5) is 13.5. The van der Waals surface area contributed by atoms with Crippen molar-refractivity contribution in [1.82, 2.24) is 15.3 Å². The first-order chi connectivity index (χ1) is 14.3. The van der Waals surface area contributed by atoms with Gasteiger partial charge in [-0.15, -0.1) is 0 Å². The monoisotopic (exact) mass is 385 g/mol. The zero-order chi connectivity index (χ0) is 19.5. The minimum absolute atomic E-state index is 0.267. The van der Waals surface area contributed by atoms with Crippen LogP contribution in [0.25, 0.3) is 11.4 Å². The van der Waals surface area contributed by atoms with E-state index < -0.39 is 0 Å². The van der Waals surface area contributed by atoms with Crippen LogP contribution in [0.5, 0.6) is 5.75 Å². The number of benzene rings is 2. The summed E-state index contributed by atoms with van der Waals surface area (Å²) in [6, 6.07) is 16.2. The van der Waals surface area contributed by atoms with Crippen molar-refractivity contribution in [3.63, 3.8) is 0 Å². The van der Waals surface area contributed by atoms with Gasteiger partial charge in [0.25, 0.3) is 0 Å². The lowest BCUT2D eigenvalue weighted by Crippen LogP contribution is -2.34. The highest BCUT2D eigenvalue weighted by Crippen LogP contribution is 2.25. The molecule has 0 amide bonds. The summed E-state index contributed by atoms with van der Waals surface area (Å²) >= 11 is 0. The summed E-state index contributed by atoms with van der Waals surface area (Å²) in [5.74, 6) is 2.30. The number of hydrogen-bond donors (Lipinski definition) is 2. The molecule has 0 spiro atoms. The highest BCUT2D eigenvalue weighted by atomic mass is 16.5. The average molecular weight is 385 g/mol. The normalized spacial score (nSPS) is 15.9. The van der Waals surface area contributed by atoms with Crippen LogP contribution in [0.15, 0.2) is 59.7 Å². The van der Waals surface area contributed by atoms with Crippen LogP contribution >= 0.6 is 0 Å². The van der Waals surface area contributed by atoms with Gasteiger partial charge < -0.3 is 15.4 Å². The van der Waals surface area contributed by atoms with Gasteiger partial charge in [-0.05, 0) is 67.4 Å². The fraction of sp³-hybridized carbons (Fsp3) is 0.261. The van der Waals surface area contributed by atoms with Gasteiger partial charge in [-0.25, -0.2) is 9.97 Å². The van der Waals surface area contributed by atoms with E-state index in [0.717, 1.165) is 60.9 Å². The molecular weight excluding hydrogens is 362 g/mol. The summed E-state index contributed by atoms with van der Waals surface area (Å²) in [6.45, 7) is 2.79. The Labute approximate surface area is 170 Å². The van der Waals surface area contributed by atoms with Gasteiger partial charge in [-0.3, -0.25) is 4.99 Å². The Kier molecular flexibility index (Phi) is 4.92. The zero-order valence-electron chi connectivity index (χ0n) is 16.1. The molecule has 0 unspecified atom stereocenters. The molecule has 6 nitrogen and oxygen atoms in total. The summed E-state index contributed by atoms with van der Waals surface area (Å²) in [6.07, 6.45) is 6.03. The molecule has 3 aromatic rings. The van der Waals surface area contributed by atoms with Crippen molar-refractivity contribution < 1.29 is 4.74 Å². The van der Waals surface area contributed by atoms with Gasteiger partial charge in [-0.1, -0.05) is 18.2 Å². The Morgan fingerprint density at radius 3 is 2.90 bits per heavy atom. The van der Waals surface area contributed by atoms with E-state index >= 15 is 0 Å². The van der Waals surface area contributed by atoms with Gasteiger partial charge in [0.1, 0.15) is 17.7 Å². The van der Waals surface area contributed by atoms with Crippen LogP contribution in [-0.4, -0.2) is 35.4 Å². The third kappa shape index (κ3) is 4.12. The molecule has 2 aromatic carbocycles. The van der Waals surface area contributed by atoms with E-state index in [1.807, 2.05) is 36.5 Å². The van der Waals surface area contributed by atoms with Gasteiger partial charge in [0.2, 0.25) is 0 Å². The Morgan fingerprint density at radius 2 is 1.97 bits per heavy atom. The Hall–Kier alpha value is -3.25. The van der Waals surface area contributed by atoms with Crippen molar-refractivity contribution in [3.05, 3.63) is 65.9 Å². The first-order valence-electron chi connectivity index (χ1n) is 10.0. The Morgan fingerprint density at radius 1 is 1.03 bits per heavy atom. The topological polar surface area (TPSA) is 71.4 Å². The van der Waals surface area contributed by atoms with E-state index in [0.29, 0.717) is 5.82 Å². The van der Waals surface area contributed by atoms with Crippen molar-refractivity contribution in [2.45, 2.75) is 25.5 Å². The Balaban J connectivity index is 1.34. The highest BCUT2D eigenvalue weighted by Gasteiger charge is 2.15. The number of aliphatic imine (C=N–C) groups is 1. The van der Waals surface area contributed by atoms with Crippen LogP contribution in [0.4, 0.5) is 11.5 Å². The van der Waals surface area contributed by atoms with Gasteiger partial charge in [0.15, 0.2) is 5.82 Å². The number of nitrogens with zero attached hydrogens (tertiary/aromatic N) is 3. The Bertz CT molecular complexity index is 1040. The fourth-order valence-corrected chi connectivity index (χ4v) is 3.71. The zero-order valence-corrected chi connectivity index (χ0v) is 16.1. The molecule has 0 saturated carbocycles. The molecule has 146 valence electrons. The average Bonchev–Trinajstić information content (AvgIpc) is 3.23. The quantitative estimate of drug-likeness (QED) is 0.696. The van der Waals surface area contributed by atoms with E-state index in [1.165, 1.54) is 5.56 Å². The molecule has 2 aliphatic rings. The molecule has 6 heteroatoms. The number of piperidine rings is 1. The lowest BCUT2D eigenvalue weighted by Gasteiger charge is -2.24. The first kappa shape index (κ1) is 17.8. The second-order valence-corrected chi connectivity index (χ2v) is 7.37. The van der Waals surface area contributed by atoms with Crippen LogP contribution < -0.4 is 15.4 Å². The summed E-state index contributed by atoms with van der Waals surface area (Å²) < 4.78 is 6.16. The summed E-state index contributed by atoms with van der Waals surface area (Å²) in [5.41, 5.74) is 4.35. The van der Waals surface area contributed by atoms with Gasteiger partial charge >= 0.3 is 0 Å². The van der Waals surface area contributed by atoms with Crippen LogP contribution in [0.3, 0.4) is 0 Å². The third-order valence-corrected chi connectivity index (χ3v) is 5.25. The maximum Gasteiger partial charge on any atom is 0.161 e. The molecule has 2 N–H and O–H groups in total.